The molecule has 0 spiro atoms. The molecular weight excluding hydrogens is 436 g/mol. The van der Waals surface area contributed by atoms with Crippen LogP contribution in [0, 0.1) is 10.1 Å². The molecule has 8 nitrogen and oxygen atoms in total. The van der Waals surface area contributed by atoms with Crippen LogP contribution in [0.25, 0.3) is 0 Å². The van der Waals surface area contributed by atoms with Gasteiger partial charge in [-0.3, -0.25) is 19.7 Å². The van der Waals surface area contributed by atoms with Gasteiger partial charge in [-0.2, -0.15) is 0 Å². The van der Waals surface area contributed by atoms with Gasteiger partial charge in [0.25, 0.3) is 5.69 Å². The Bertz CT molecular complexity index is 1160. The zero-order chi connectivity index (χ0) is 23.0. The number of benzene rings is 2. The minimum absolute atomic E-state index is 0.00775. The van der Waals surface area contributed by atoms with Gasteiger partial charge in [-0.1, -0.05) is 17.7 Å². The molecule has 0 unspecified atom stereocenters. The maximum absolute atomic E-state index is 13.3. The lowest BCUT2D eigenvalue weighted by Gasteiger charge is -2.34. The zero-order valence-corrected chi connectivity index (χ0v) is 18.3. The largest absolute Gasteiger partial charge is 0.497 e. The number of nitro groups is 1. The van der Waals surface area contributed by atoms with Gasteiger partial charge in [0.1, 0.15) is 16.5 Å². The van der Waals surface area contributed by atoms with E-state index < -0.39 is 10.8 Å². The Morgan fingerprint density at radius 2 is 1.84 bits per heavy atom. The molecular formula is C23H21ClN2O6. The number of ether oxygens (including phenoxy) is 2. The van der Waals surface area contributed by atoms with Gasteiger partial charge >= 0.3 is 0 Å². The summed E-state index contributed by atoms with van der Waals surface area (Å²) in [4.78, 5) is 36.6. The Morgan fingerprint density at radius 1 is 1.06 bits per heavy atom. The number of carbonyl (C=O) groups excluding carboxylic acids is 2. The molecule has 2 aromatic rings. The maximum atomic E-state index is 13.3. The van der Waals surface area contributed by atoms with Crippen LogP contribution >= 0.6 is 11.6 Å². The van der Waals surface area contributed by atoms with Gasteiger partial charge in [0.2, 0.25) is 5.91 Å². The first-order valence-electron chi connectivity index (χ1n) is 10.0. The minimum atomic E-state index is -0.572. The van der Waals surface area contributed by atoms with E-state index in [0.717, 1.165) is 5.56 Å². The van der Waals surface area contributed by atoms with Crippen LogP contribution in [0.5, 0.6) is 11.5 Å². The van der Waals surface area contributed by atoms with Crippen LogP contribution in [-0.2, 0) is 9.59 Å². The first kappa shape index (κ1) is 21.8. The number of nitro benzene ring substituents is 1. The second kappa shape index (κ2) is 8.63. The molecule has 0 fully saturated rings. The molecule has 2 atom stereocenters. The highest BCUT2D eigenvalue weighted by Gasteiger charge is 2.39. The zero-order valence-electron chi connectivity index (χ0n) is 17.5. The molecule has 0 aromatic heterocycles. The third-order valence-electron chi connectivity index (χ3n) is 5.98. The normalized spacial score (nSPS) is 20.5. The van der Waals surface area contributed by atoms with E-state index in [4.69, 9.17) is 21.1 Å². The number of nitrogens with one attached hydrogen (secondary N) is 1. The summed E-state index contributed by atoms with van der Waals surface area (Å²) in [5, 5.41) is 14.2. The molecule has 1 heterocycles. The van der Waals surface area contributed by atoms with E-state index in [2.05, 4.69) is 5.32 Å². The van der Waals surface area contributed by atoms with Crippen molar-refractivity contribution >= 4 is 29.0 Å². The minimum Gasteiger partial charge on any atom is -0.497 e. The number of carbonyl (C=O) groups is 2. The number of halogens is 1. The molecule has 4 rings (SSSR count). The first-order chi connectivity index (χ1) is 15.3. The molecule has 0 radical (unpaired) electrons. The number of methoxy groups -OCH3 is 2. The van der Waals surface area contributed by atoms with Crippen molar-refractivity contribution in [3.05, 3.63) is 73.9 Å². The van der Waals surface area contributed by atoms with Crippen molar-refractivity contribution in [3.8, 4) is 11.5 Å². The van der Waals surface area contributed by atoms with E-state index >= 15 is 0 Å². The summed E-state index contributed by atoms with van der Waals surface area (Å²) in [6.45, 7) is 0. The van der Waals surface area contributed by atoms with Crippen molar-refractivity contribution < 1.29 is 24.0 Å². The average molecular weight is 457 g/mol. The topological polar surface area (TPSA) is 108 Å². The fourth-order valence-electron chi connectivity index (χ4n) is 4.51. The maximum Gasteiger partial charge on any atom is 0.288 e. The predicted octanol–water partition coefficient (Wildman–Crippen LogP) is 4.27. The summed E-state index contributed by atoms with van der Waals surface area (Å²) in [5.74, 6) is 0.174. The number of hydrogen-bond acceptors (Lipinski definition) is 6. The van der Waals surface area contributed by atoms with Gasteiger partial charge in [0.15, 0.2) is 5.78 Å². The Hall–Kier alpha value is -3.39. The lowest BCUT2D eigenvalue weighted by molar-refractivity contribution is -0.384. The predicted molar refractivity (Wildman–Crippen MR) is 117 cm³/mol. The van der Waals surface area contributed by atoms with Crippen LogP contribution < -0.4 is 14.8 Å². The third-order valence-corrected chi connectivity index (χ3v) is 6.30. The van der Waals surface area contributed by atoms with Crippen LogP contribution in [0.15, 0.2) is 47.7 Å². The van der Waals surface area contributed by atoms with Gasteiger partial charge in [0, 0.05) is 47.6 Å². The molecule has 0 bridgehead atoms. The Labute approximate surface area is 189 Å². The highest BCUT2D eigenvalue weighted by Crippen LogP contribution is 2.45. The number of Topliss-reactive ketones (excluding diaryl/α,β-unsaturated/α-hetero) is 1. The lowest BCUT2D eigenvalue weighted by Crippen LogP contribution is -2.38. The van der Waals surface area contributed by atoms with Crippen molar-refractivity contribution in [2.45, 2.75) is 31.1 Å². The Kier molecular flexibility index (Phi) is 5.88. The van der Waals surface area contributed by atoms with Crippen LogP contribution in [-0.4, -0.2) is 30.8 Å². The SMILES string of the molecule is COc1ccc(OC)c([C@H]2CC(=O)C3=C(C2)NC(=O)C[C@@H]3c2ccc(Cl)c([N+](=O)[O-])c2)c1. The van der Waals surface area contributed by atoms with E-state index in [1.807, 2.05) is 6.07 Å². The molecule has 1 amide bonds. The van der Waals surface area contributed by atoms with E-state index in [1.165, 1.54) is 12.1 Å². The quantitative estimate of drug-likeness (QED) is 0.531. The van der Waals surface area contributed by atoms with Crippen molar-refractivity contribution in [2.24, 2.45) is 0 Å². The summed E-state index contributed by atoms with van der Waals surface area (Å²) in [6.07, 6.45) is 0.698. The molecule has 0 saturated heterocycles. The number of amides is 1. The fraction of sp³-hybridized carbons (Fsp3) is 0.304. The summed E-state index contributed by atoms with van der Waals surface area (Å²) in [7, 11) is 3.13. The van der Waals surface area contributed by atoms with Crippen LogP contribution in [0.1, 0.15) is 42.2 Å². The van der Waals surface area contributed by atoms with Crippen molar-refractivity contribution in [1.82, 2.24) is 5.32 Å². The molecule has 2 aromatic carbocycles. The standard InChI is InChI=1S/C23H21ClN2O6/c1-31-14-4-6-21(32-2)15(10-14)13-7-18-23(20(27)9-13)16(11-22(28)25-18)12-3-5-17(24)19(8-12)26(29)30/h3-6,8,10,13,16H,7,9,11H2,1-2H3,(H,25,28)/t13-,16-/m1/s1. The summed E-state index contributed by atoms with van der Waals surface area (Å²) in [6, 6.07) is 9.82. The number of hydrogen-bond donors (Lipinski definition) is 1. The molecule has 2 aliphatic rings. The van der Waals surface area contributed by atoms with E-state index in [-0.39, 0.29) is 41.2 Å². The first-order valence-corrected chi connectivity index (χ1v) is 10.4. The summed E-state index contributed by atoms with van der Waals surface area (Å²) >= 11 is 5.94. The molecule has 1 aliphatic heterocycles. The van der Waals surface area contributed by atoms with E-state index in [0.29, 0.717) is 34.8 Å². The highest BCUT2D eigenvalue weighted by molar-refractivity contribution is 6.32. The van der Waals surface area contributed by atoms with Crippen LogP contribution in [0.4, 0.5) is 5.69 Å². The number of rotatable bonds is 5. The van der Waals surface area contributed by atoms with Crippen molar-refractivity contribution in [3.63, 3.8) is 0 Å². The second-order valence-corrected chi connectivity index (χ2v) is 8.21. The molecule has 9 heteroatoms. The highest BCUT2D eigenvalue weighted by atomic mass is 35.5. The van der Waals surface area contributed by atoms with Crippen molar-refractivity contribution in [2.75, 3.05) is 14.2 Å². The van der Waals surface area contributed by atoms with Crippen LogP contribution in [0.2, 0.25) is 5.02 Å². The molecule has 0 saturated carbocycles. The van der Waals surface area contributed by atoms with E-state index in [9.17, 15) is 19.7 Å². The molecule has 1 N–H and O–H groups in total. The second-order valence-electron chi connectivity index (χ2n) is 7.80. The molecule has 32 heavy (non-hydrogen) atoms. The molecule has 1 aliphatic carbocycles. The van der Waals surface area contributed by atoms with E-state index in [1.54, 1.807) is 32.4 Å². The van der Waals surface area contributed by atoms with Gasteiger partial charge in [-0.25, -0.2) is 0 Å². The van der Waals surface area contributed by atoms with Crippen molar-refractivity contribution in [1.29, 1.82) is 0 Å². The fourth-order valence-corrected chi connectivity index (χ4v) is 4.70. The van der Waals surface area contributed by atoms with Gasteiger partial charge in [0.05, 0.1) is 19.1 Å². The van der Waals surface area contributed by atoms with Gasteiger partial charge in [-0.05, 0) is 36.2 Å². The van der Waals surface area contributed by atoms with Crippen LogP contribution in [0.3, 0.4) is 0 Å². The number of allylic oxidation sites excluding steroid dienone is 2. The lowest BCUT2D eigenvalue weighted by atomic mass is 9.73. The van der Waals surface area contributed by atoms with Gasteiger partial charge < -0.3 is 14.8 Å². The third kappa shape index (κ3) is 3.93. The average Bonchev–Trinajstić information content (AvgIpc) is 2.77. The summed E-state index contributed by atoms with van der Waals surface area (Å²) in [5.41, 5.74) is 2.15. The number of nitrogens with zero attached hydrogens (tertiary/aromatic N) is 1. The smallest absolute Gasteiger partial charge is 0.288 e. The van der Waals surface area contributed by atoms with Gasteiger partial charge in [-0.15, -0.1) is 0 Å². The Balaban J connectivity index is 1.75. The monoisotopic (exact) mass is 456 g/mol. The number of ketones is 1. The molecule has 166 valence electrons. The summed E-state index contributed by atoms with van der Waals surface area (Å²) < 4.78 is 10.8. The Morgan fingerprint density at radius 3 is 2.53 bits per heavy atom.